The number of amides is 5. The van der Waals surface area contributed by atoms with Crippen molar-refractivity contribution in [1.29, 1.82) is 0 Å². The molecule has 0 aliphatic carbocycles. The minimum Gasteiger partial charge on any atom is -0.480 e. The molecule has 0 unspecified atom stereocenters. The lowest BCUT2D eigenvalue weighted by atomic mass is 9.98. The van der Waals surface area contributed by atoms with Gasteiger partial charge in [-0.1, -0.05) is 119 Å². The normalized spacial score (nSPS) is 14.0. The number of rotatable bonds is 20. The lowest BCUT2D eigenvalue weighted by molar-refractivity contribution is -0.142. The van der Waals surface area contributed by atoms with E-state index in [4.69, 9.17) is 4.74 Å². The van der Waals surface area contributed by atoms with Crippen LogP contribution in [-0.2, 0) is 48.0 Å². The first kappa shape index (κ1) is 45.7. The summed E-state index contributed by atoms with van der Waals surface area (Å²) in [5, 5.41) is 23.6. The van der Waals surface area contributed by atoms with Gasteiger partial charge in [0.1, 0.15) is 35.8 Å². The Balaban J connectivity index is 1.87. The molecule has 0 saturated heterocycles. The standard InChI is InChI=1S/C44H59N5O8/c1-28(2)23-33(46-41(53)36(26-31-19-13-9-14-20-31)49-43(56)57-44(5,6)7)38(50)47-35(25-30-17-11-8-12-18-30)40(52)45-34(24-29(3)4)39(51)48-37(42(54)55)27-32-21-15-10-16-22-32/h8-22,28-29,33-37H,23-27H2,1-7H3,(H,45,52)(H,46,53)(H,47,50)(H,48,51)(H,49,56)(H,54,55)/t33-,34-,35-,36-,37+/m0/s1. The molecule has 0 spiro atoms. The number of alkyl carbamates (subject to hydrolysis) is 1. The van der Waals surface area contributed by atoms with E-state index < -0.39 is 71.5 Å². The van der Waals surface area contributed by atoms with Crippen molar-refractivity contribution in [2.45, 2.75) is 116 Å². The molecule has 0 radical (unpaired) electrons. The largest absolute Gasteiger partial charge is 0.480 e. The third-order valence-electron chi connectivity index (χ3n) is 8.78. The summed E-state index contributed by atoms with van der Waals surface area (Å²) in [5.41, 5.74) is 1.40. The van der Waals surface area contributed by atoms with Gasteiger partial charge in [0.15, 0.2) is 0 Å². The van der Waals surface area contributed by atoms with Crippen molar-refractivity contribution in [2.24, 2.45) is 11.8 Å². The predicted octanol–water partition coefficient (Wildman–Crippen LogP) is 4.72. The molecule has 308 valence electrons. The summed E-state index contributed by atoms with van der Waals surface area (Å²) < 4.78 is 5.43. The van der Waals surface area contributed by atoms with E-state index >= 15 is 0 Å². The van der Waals surface area contributed by atoms with E-state index in [0.29, 0.717) is 0 Å². The van der Waals surface area contributed by atoms with E-state index in [1.54, 1.807) is 69.3 Å². The molecule has 5 amide bonds. The van der Waals surface area contributed by atoms with Gasteiger partial charge in [0.05, 0.1) is 0 Å². The summed E-state index contributed by atoms with van der Waals surface area (Å²) in [5.74, 6) is -3.94. The summed E-state index contributed by atoms with van der Waals surface area (Å²) in [4.78, 5) is 80.9. The zero-order chi connectivity index (χ0) is 42.1. The lowest BCUT2D eigenvalue weighted by Crippen LogP contribution is -2.60. The van der Waals surface area contributed by atoms with Crippen LogP contribution in [0, 0.1) is 11.8 Å². The predicted molar refractivity (Wildman–Crippen MR) is 218 cm³/mol. The van der Waals surface area contributed by atoms with Crippen molar-refractivity contribution in [3.63, 3.8) is 0 Å². The fraction of sp³-hybridized carbons (Fsp3) is 0.455. The van der Waals surface area contributed by atoms with Gasteiger partial charge in [0, 0.05) is 19.3 Å². The molecule has 5 atom stereocenters. The first-order valence-corrected chi connectivity index (χ1v) is 19.5. The highest BCUT2D eigenvalue weighted by Crippen LogP contribution is 2.13. The third kappa shape index (κ3) is 16.9. The molecule has 0 aliphatic rings. The van der Waals surface area contributed by atoms with Crippen molar-refractivity contribution < 1.29 is 38.6 Å². The fourth-order valence-electron chi connectivity index (χ4n) is 6.11. The van der Waals surface area contributed by atoms with Gasteiger partial charge in [0.25, 0.3) is 0 Å². The maximum atomic E-state index is 14.1. The number of hydrogen-bond donors (Lipinski definition) is 6. The van der Waals surface area contributed by atoms with Gasteiger partial charge >= 0.3 is 12.1 Å². The van der Waals surface area contributed by atoms with E-state index in [0.717, 1.165) is 16.7 Å². The van der Waals surface area contributed by atoms with Gasteiger partial charge in [-0.05, 0) is 62.1 Å². The maximum Gasteiger partial charge on any atom is 0.408 e. The van der Waals surface area contributed by atoms with E-state index in [9.17, 15) is 33.9 Å². The number of aliphatic carboxylic acids is 1. The van der Waals surface area contributed by atoms with Gasteiger partial charge in [-0.15, -0.1) is 0 Å². The van der Waals surface area contributed by atoms with Crippen LogP contribution < -0.4 is 26.6 Å². The highest BCUT2D eigenvalue weighted by molar-refractivity contribution is 5.96. The zero-order valence-corrected chi connectivity index (χ0v) is 34.0. The lowest BCUT2D eigenvalue weighted by Gasteiger charge is -2.28. The van der Waals surface area contributed by atoms with Crippen molar-refractivity contribution in [3.05, 3.63) is 108 Å². The highest BCUT2D eigenvalue weighted by atomic mass is 16.6. The fourth-order valence-corrected chi connectivity index (χ4v) is 6.11. The maximum absolute atomic E-state index is 14.1. The molecule has 3 rings (SSSR count). The SMILES string of the molecule is CC(C)C[C@H](NC(=O)[C@H](Cc1ccccc1)NC(=O)OC(C)(C)C)C(=O)N[C@@H](Cc1ccccc1)C(=O)N[C@@H](CC(C)C)C(=O)N[C@H](Cc1ccccc1)C(=O)O. The van der Waals surface area contributed by atoms with E-state index in [1.807, 2.05) is 70.2 Å². The Labute approximate surface area is 336 Å². The van der Waals surface area contributed by atoms with Crippen LogP contribution in [0.3, 0.4) is 0 Å². The Kier molecular flexibility index (Phi) is 17.7. The van der Waals surface area contributed by atoms with Crippen molar-refractivity contribution >= 4 is 35.7 Å². The van der Waals surface area contributed by atoms with Gasteiger partial charge < -0.3 is 36.4 Å². The summed E-state index contributed by atoms with van der Waals surface area (Å²) in [6.45, 7) is 12.6. The van der Waals surface area contributed by atoms with Crippen LogP contribution in [0.4, 0.5) is 4.79 Å². The minimum absolute atomic E-state index is 0.0411. The van der Waals surface area contributed by atoms with Crippen LogP contribution in [0.2, 0.25) is 0 Å². The molecular formula is C44H59N5O8. The summed E-state index contributed by atoms with van der Waals surface area (Å²) in [6.07, 6.45) is -0.177. The zero-order valence-electron chi connectivity index (χ0n) is 34.0. The molecule has 6 N–H and O–H groups in total. The molecule has 57 heavy (non-hydrogen) atoms. The van der Waals surface area contributed by atoms with E-state index in [2.05, 4.69) is 26.6 Å². The number of carbonyl (C=O) groups is 6. The van der Waals surface area contributed by atoms with Gasteiger partial charge in [0.2, 0.25) is 23.6 Å². The average Bonchev–Trinajstić information content (AvgIpc) is 3.13. The average molecular weight is 786 g/mol. The molecule has 0 heterocycles. The number of carbonyl (C=O) groups excluding carboxylic acids is 5. The third-order valence-corrected chi connectivity index (χ3v) is 8.78. The van der Waals surface area contributed by atoms with Crippen LogP contribution in [0.15, 0.2) is 91.0 Å². The highest BCUT2D eigenvalue weighted by Gasteiger charge is 2.34. The number of ether oxygens (including phenoxy) is 1. The van der Waals surface area contributed by atoms with Gasteiger partial charge in [-0.25, -0.2) is 9.59 Å². The monoisotopic (exact) mass is 785 g/mol. The summed E-state index contributed by atoms with van der Waals surface area (Å²) in [6, 6.07) is 21.3. The van der Waals surface area contributed by atoms with E-state index in [-0.39, 0.29) is 43.9 Å². The number of benzene rings is 3. The molecule has 0 fully saturated rings. The van der Waals surface area contributed by atoms with Crippen molar-refractivity contribution in [1.82, 2.24) is 26.6 Å². The molecule has 3 aromatic rings. The van der Waals surface area contributed by atoms with E-state index in [1.165, 1.54) is 0 Å². The smallest absolute Gasteiger partial charge is 0.408 e. The van der Waals surface area contributed by atoms with Gasteiger partial charge in [-0.2, -0.15) is 0 Å². The van der Waals surface area contributed by atoms with Crippen molar-refractivity contribution in [3.8, 4) is 0 Å². The number of nitrogens with one attached hydrogen (secondary N) is 5. The second kappa shape index (κ2) is 22.1. The van der Waals surface area contributed by atoms with Crippen LogP contribution >= 0.6 is 0 Å². The second-order valence-electron chi connectivity index (χ2n) is 16.1. The molecule has 0 bridgehead atoms. The Morgan fingerprint density at radius 1 is 0.491 bits per heavy atom. The molecule has 13 nitrogen and oxygen atoms in total. The quantitative estimate of drug-likeness (QED) is 0.0948. The van der Waals surface area contributed by atoms with Crippen LogP contribution in [-0.4, -0.2) is 76.6 Å². The molecule has 0 aromatic heterocycles. The Bertz CT molecular complexity index is 1760. The summed E-state index contributed by atoms with van der Waals surface area (Å²) >= 11 is 0. The first-order chi connectivity index (χ1) is 26.9. The number of carboxylic acid groups (broad SMARTS) is 1. The Hall–Kier alpha value is -5.72. The first-order valence-electron chi connectivity index (χ1n) is 19.5. The minimum atomic E-state index is -1.25. The Morgan fingerprint density at radius 3 is 1.12 bits per heavy atom. The van der Waals surface area contributed by atoms with Crippen LogP contribution in [0.5, 0.6) is 0 Å². The molecule has 3 aromatic carbocycles. The molecule has 13 heteroatoms. The number of carboxylic acids is 1. The number of hydrogen-bond acceptors (Lipinski definition) is 7. The van der Waals surface area contributed by atoms with Crippen molar-refractivity contribution in [2.75, 3.05) is 0 Å². The Morgan fingerprint density at radius 2 is 0.789 bits per heavy atom. The second-order valence-corrected chi connectivity index (χ2v) is 16.1. The molecular weight excluding hydrogens is 727 g/mol. The molecule has 0 saturated carbocycles. The summed E-state index contributed by atoms with van der Waals surface area (Å²) in [7, 11) is 0. The topological polar surface area (TPSA) is 192 Å². The van der Waals surface area contributed by atoms with Gasteiger partial charge in [-0.3, -0.25) is 19.2 Å². The van der Waals surface area contributed by atoms with Crippen LogP contribution in [0.1, 0.15) is 78.0 Å². The van der Waals surface area contributed by atoms with Crippen LogP contribution in [0.25, 0.3) is 0 Å². The molecule has 0 aliphatic heterocycles.